The summed E-state index contributed by atoms with van der Waals surface area (Å²) >= 11 is 0. The highest BCUT2D eigenvalue weighted by molar-refractivity contribution is 5.84. The first-order valence-electron chi connectivity index (χ1n) is 8.93. The maximum atomic E-state index is 12.7. The van der Waals surface area contributed by atoms with Crippen LogP contribution in [0.4, 0.5) is 5.95 Å². The van der Waals surface area contributed by atoms with E-state index in [0.29, 0.717) is 11.8 Å². The first kappa shape index (κ1) is 14.9. The molecule has 0 radical (unpaired) electrons. The SMILES string of the molecule is Cc1cc(C2CCC2)nc(N2CC[C@]3(CCCN(C)C3=O)C2)n1. The molecule has 0 bridgehead atoms. The number of piperidine rings is 1. The van der Waals surface area contributed by atoms with Gasteiger partial charge < -0.3 is 9.80 Å². The normalized spacial score (nSPS) is 28.5. The second-order valence-electron chi connectivity index (χ2n) is 7.64. The van der Waals surface area contributed by atoms with Gasteiger partial charge in [0, 0.05) is 44.0 Å². The molecule has 2 aliphatic heterocycles. The molecule has 1 saturated carbocycles. The zero-order chi connectivity index (χ0) is 16.0. The Kier molecular flexibility index (Phi) is 3.54. The summed E-state index contributed by atoms with van der Waals surface area (Å²) in [6.07, 6.45) is 6.88. The Bertz CT molecular complexity index is 627. The van der Waals surface area contributed by atoms with Crippen molar-refractivity contribution in [3.8, 4) is 0 Å². The van der Waals surface area contributed by atoms with Crippen LogP contribution in [0, 0.1) is 12.3 Å². The molecule has 1 atom stereocenters. The average Bonchev–Trinajstić information content (AvgIpc) is 2.88. The van der Waals surface area contributed by atoms with Crippen molar-refractivity contribution in [2.75, 3.05) is 31.6 Å². The van der Waals surface area contributed by atoms with Gasteiger partial charge in [-0.1, -0.05) is 6.42 Å². The lowest BCUT2D eigenvalue weighted by Crippen LogP contribution is -2.48. The van der Waals surface area contributed by atoms with Gasteiger partial charge in [0.2, 0.25) is 11.9 Å². The number of anilines is 1. The third kappa shape index (κ3) is 2.50. The molecular formula is C18H26N4O. The molecule has 0 unspecified atom stereocenters. The van der Waals surface area contributed by atoms with Gasteiger partial charge in [0.1, 0.15) is 0 Å². The summed E-state index contributed by atoms with van der Waals surface area (Å²) in [5, 5.41) is 0. The van der Waals surface area contributed by atoms with Gasteiger partial charge in [-0.25, -0.2) is 9.97 Å². The van der Waals surface area contributed by atoms with E-state index in [4.69, 9.17) is 4.98 Å². The maximum Gasteiger partial charge on any atom is 0.230 e. The molecule has 5 heteroatoms. The minimum atomic E-state index is -0.198. The molecule has 1 aromatic heterocycles. The summed E-state index contributed by atoms with van der Waals surface area (Å²) < 4.78 is 0. The number of hydrogen-bond donors (Lipinski definition) is 0. The summed E-state index contributed by atoms with van der Waals surface area (Å²) in [4.78, 5) is 26.3. The monoisotopic (exact) mass is 314 g/mol. The van der Waals surface area contributed by atoms with Crippen molar-refractivity contribution in [3.05, 3.63) is 17.5 Å². The minimum Gasteiger partial charge on any atom is -0.345 e. The van der Waals surface area contributed by atoms with Crippen LogP contribution in [0.2, 0.25) is 0 Å². The Balaban J connectivity index is 1.57. The summed E-state index contributed by atoms with van der Waals surface area (Å²) in [7, 11) is 1.93. The van der Waals surface area contributed by atoms with E-state index in [9.17, 15) is 4.79 Å². The minimum absolute atomic E-state index is 0.198. The summed E-state index contributed by atoms with van der Waals surface area (Å²) in [5.74, 6) is 1.78. The van der Waals surface area contributed by atoms with Crippen LogP contribution in [0.1, 0.15) is 55.8 Å². The topological polar surface area (TPSA) is 49.3 Å². The highest BCUT2D eigenvalue weighted by Gasteiger charge is 2.48. The van der Waals surface area contributed by atoms with Gasteiger partial charge in [0.15, 0.2) is 0 Å². The van der Waals surface area contributed by atoms with Crippen LogP contribution >= 0.6 is 0 Å². The Morgan fingerprint density at radius 3 is 2.74 bits per heavy atom. The molecule has 1 spiro atoms. The van der Waals surface area contributed by atoms with Crippen molar-refractivity contribution in [1.29, 1.82) is 0 Å². The Morgan fingerprint density at radius 1 is 1.17 bits per heavy atom. The molecule has 2 saturated heterocycles. The zero-order valence-corrected chi connectivity index (χ0v) is 14.2. The molecule has 1 aliphatic carbocycles. The molecular weight excluding hydrogens is 288 g/mol. The van der Waals surface area contributed by atoms with E-state index in [1.807, 2.05) is 11.9 Å². The van der Waals surface area contributed by atoms with Crippen molar-refractivity contribution < 1.29 is 4.79 Å². The van der Waals surface area contributed by atoms with Crippen LogP contribution in [-0.4, -0.2) is 47.5 Å². The third-order valence-corrected chi connectivity index (χ3v) is 5.97. The fourth-order valence-electron chi connectivity index (χ4n) is 4.32. The number of likely N-dealkylation sites (tertiary alicyclic amines) is 1. The molecule has 5 nitrogen and oxygen atoms in total. The van der Waals surface area contributed by atoms with Gasteiger partial charge in [0.25, 0.3) is 0 Å². The molecule has 124 valence electrons. The molecule has 3 fully saturated rings. The number of hydrogen-bond acceptors (Lipinski definition) is 4. The van der Waals surface area contributed by atoms with Gasteiger partial charge >= 0.3 is 0 Å². The maximum absolute atomic E-state index is 12.7. The highest BCUT2D eigenvalue weighted by atomic mass is 16.2. The number of rotatable bonds is 2. The van der Waals surface area contributed by atoms with E-state index >= 15 is 0 Å². The van der Waals surface area contributed by atoms with Crippen LogP contribution in [0.3, 0.4) is 0 Å². The van der Waals surface area contributed by atoms with Crippen molar-refractivity contribution in [1.82, 2.24) is 14.9 Å². The Hall–Kier alpha value is -1.65. The predicted molar refractivity (Wildman–Crippen MR) is 89.5 cm³/mol. The van der Waals surface area contributed by atoms with E-state index in [0.717, 1.165) is 50.5 Å². The third-order valence-electron chi connectivity index (χ3n) is 5.97. The predicted octanol–water partition coefficient (Wildman–Crippen LogP) is 2.50. The van der Waals surface area contributed by atoms with Crippen LogP contribution in [0.25, 0.3) is 0 Å². The molecule has 0 aromatic carbocycles. The lowest BCUT2D eigenvalue weighted by molar-refractivity contribution is -0.143. The van der Waals surface area contributed by atoms with Gasteiger partial charge in [-0.05, 0) is 45.1 Å². The number of aryl methyl sites for hydroxylation is 1. The average molecular weight is 314 g/mol. The molecule has 3 aliphatic rings. The first-order chi connectivity index (χ1) is 11.1. The van der Waals surface area contributed by atoms with E-state index in [2.05, 4.69) is 22.9 Å². The summed E-state index contributed by atoms with van der Waals surface area (Å²) in [6.45, 7) is 4.63. The van der Waals surface area contributed by atoms with Gasteiger partial charge in [-0.2, -0.15) is 0 Å². The highest BCUT2D eigenvalue weighted by Crippen LogP contribution is 2.41. The van der Waals surface area contributed by atoms with Crippen LogP contribution < -0.4 is 4.90 Å². The molecule has 0 N–H and O–H groups in total. The lowest BCUT2D eigenvalue weighted by atomic mass is 9.78. The molecule has 4 rings (SSSR count). The standard InChI is InChI=1S/C18H26N4O/c1-13-11-15(14-5-3-6-14)20-17(19-13)22-10-8-18(12-22)7-4-9-21(2)16(18)23/h11,14H,3-10,12H2,1-2H3/t18-/m1/s1. The molecule has 1 aromatic rings. The summed E-state index contributed by atoms with van der Waals surface area (Å²) in [6, 6.07) is 2.14. The van der Waals surface area contributed by atoms with Gasteiger partial charge in [0.05, 0.1) is 5.41 Å². The second kappa shape index (κ2) is 5.46. The number of nitrogens with zero attached hydrogens (tertiary/aromatic N) is 4. The number of carbonyl (C=O) groups excluding carboxylic acids is 1. The van der Waals surface area contributed by atoms with Crippen molar-refractivity contribution in [2.24, 2.45) is 5.41 Å². The Labute approximate surface area is 138 Å². The number of aromatic nitrogens is 2. The van der Waals surface area contributed by atoms with E-state index in [1.54, 1.807) is 0 Å². The quantitative estimate of drug-likeness (QED) is 0.841. The summed E-state index contributed by atoms with van der Waals surface area (Å²) in [5.41, 5.74) is 2.05. The van der Waals surface area contributed by atoms with Crippen LogP contribution in [0.15, 0.2) is 6.07 Å². The van der Waals surface area contributed by atoms with Gasteiger partial charge in [-0.3, -0.25) is 4.79 Å². The van der Waals surface area contributed by atoms with Gasteiger partial charge in [-0.15, -0.1) is 0 Å². The number of amides is 1. The van der Waals surface area contributed by atoms with E-state index < -0.39 is 0 Å². The van der Waals surface area contributed by atoms with Crippen molar-refractivity contribution in [3.63, 3.8) is 0 Å². The Morgan fingerprint density at radius 2 is 2.00 bits per heavy atom. The van der Waals surface area contributed by atoms with Crippen molar-refractivity contribution in [2.45, 2.75) is 51.4 Å². The van der Waals surface area contributed by atoms with E-state index in [-0.39, 0.29) is 5.41 Å². The molecule has 23 heavy (non-hydrogen) atoms. The largest absolute Gasteiger partial charge is 0.345 e. The molecule has 1 amide bonds. The van der Waals surface area contributed by atoms with Crippen LogP contribution in [0.5, 0.6) is 0 Å². The number of carbonyl (C=O) groups is 1. The second-order valence-corrected chi connectivity index (χ2v) is 7.64. The molecule has 3 heterocycles. The van der Waals surface area contributed by atoms with Crippen LogP contribution in [-0.2, 0) is 4.79 Å². The fourth-order valence-corrected chi connectivity index (χ4v) is 4.32. The lowest BCUT2D eigenvalue weighted by Gasteiger charge is -2.37. The van der Waals surface area contributed by atoms with E-state index in [1.165, 1.54) is 25.0 Å². The van der Waals surface area contributed by atoms with Crippen molar-refractivity contribution >= 4 is 11.9 Å². The fraction of sp³-hybridized carbons (Fsp3) is 0.722. The smallest absolute Gasteiger partial charge is 0.230 e. The zero-order valence-electron chi connectivity index (χ0n) is 14.2. The first-order valence-corrected chi connectivity index (χ1v) is 8.93.